The highest BCUT2D eigenvalue weighted by Crippen LogP contribution is 2.16. The molecule has 88 valence electrons. The second-order valence-corrected chi connectivity index (χ2v) is 5.96. The van der Waals surface area contributed by atoms with E-state index in [1.807, 2.05) is 0 Å². The van der Waals surface area contributed by atoms with E-state index >= 15 is 0 Å². The average Bonchev–Trinajstić information content (AvgIpc) is 2.15. The van der Waals surface area contributed by atoms with Gasteiger partial charge in [-0.1, -0.05) is 6.07 Å². The number of sulfone groups is 1. The van der Waals surface area contributed by atoms with Crippen LogP contribution in [-0.4, -0.2) is 39.6 Å². The van der Waals surface area contributed by atoms with Crippen LogP contribution in [-0.2, 0) is 9.84 Å². The van der Waals surface area contributed by atoms with Crippen molar-refractivity contribution in [3.63, 3.8) is 0 Å². The number of amides is 1. The molecule has 1 aromatic rings. The van der Waals surface area contributed by atoms with E-state index in [0.717, 1.165) is 11.8 Å². The molecule has 16 heavy (non-hydrogen) atoms. The van der Waals surface area contributed by atoms with Crippen molar-refractivity contribution in [1.82, 2.24) is 4.90 Å². The first kappa shape index (κ1) is 12.7. The fourth-order valence-electron chi connectivity index (χ4n) is 1.30. The van der Waals surface area contributed by atoms with Crippen LogP contribution >= 0.6 is 0 Å². The maximum absolute atomic E-state index is 11.8. The molecule has 5 heteroatoms. The van der Waals surface area contributed by atoms with Gasteiger partial charge in [-0.2, -0.15) is 0 Å². The fraction of sp³-hybridized carbons (Fsp3) is 0.364. The summed E-state index contributed by atoms with van der Waals surface area (Å²) in [4.78, 5) is 13.4. The second-order valence-electron chi connectivity index (χ2n) is 3.95. The Labute approximate surface area is 95.8 Å². The van der Waals surface area contributed by atoms with Gasteiger partial charge in [0.15, 0.2) is 9.84 Å². The molecule has 1 rings (SSSR count). The normalized spacial score (nSPS) is 11.2. The molecule has 0 aliphatic carbocycles. The molecule has 0 atom stereocenters. The lowest BCUT2D eigenvalue weighted by Gasteiger charge is -2.13. The molecule has 0 heterocycles. The first-order valence-corrected chi connectivity index (χ1v) is 6.65. The minimum absolute atomic E-state index is 0.170. The molecule has 0 bridgehead atoms. The summed E-state index contributed by atoms with van der Waals surface area (Å²) in [5.74, 6) is -0.192. The third kappa shape index (κ3) is 2.61. The topological polar surface area (TPSA) is 54.5 Å². The third-order valence-electron chi connectivity index (χ3n) is 2.27. The summed E-state index contributed by atoms with van der Waals surface area (Å²) in [6, 6.07) is 4.58. The van der Waals surface area contributed by atoms with E-state index in [1.165, 1.54) is 17.0 Å². The summed E-state index contributed by atoms with van der Waals surface area (Å²) in [7, 11) is -0.00440. The molecule has 0 fully saturated rings. The average molecular weight is 241 g/mol. The predicted molar refractivity (Wildman–Crippen MR) is 62.3 cm³/mol. The number of nitrogens with zero attached hydrogens (tertiary/aromatic N) is 1. The van der Waals surface area contributed by atoms with Gasteiger partial charge in [0.1, 0.15) is 0 Å². The van der Waals surface area contributed by atoms with Crippen molar-refractivity contribution in [1.29, 1.82) is 0 Å². The highest BCUT2D eigenvalue weighted by Gasteiger charge is 2.15. The number of rotatable bonds is 2. The quantitative estimate of drug-likeness (QED) is 0.779. The molecular formula is C11H15NO3S. The van der Waals surface area contributed by atoms with Crippen molar-refractivity contribution in [2.75, 3.05) is 20.4 Å². The maximum Gasteiger partial charge on any atom is 0.253 e. The van der Waals surface area contributed by atoms with Crippen molar-refractivity contribution in [3.8, 4) is 0 Å². The zero-order chi connectivity index (χ0) is 12.5. The van der Waals surface area contributed by atoms with Crippen LogP contribution in [0.2, 0.25) is 0 Å². The highest BCUT2D eigenvalue weighted by molar-refractivity contribution is 7.90. The molecule has 1 aromatic carbocycles. The zero-order valence-corrected chi connectivity index (χ0v) is 10.6. The molecule has 0 aromatic heterocycles. The van der Waals surface area contributed by atoms with E-state index in [4.69, 9.17) is 0 Å². The summed E-state index contributed by atoms with van der Waals surface area (Å²) in [6.45, 7) is 1.78. The maximum atomic E-state index is 11.8. The van der Waals surface area contributed by atoms with Crippen molar-refractivity contribution in [3.05, 3.63) is 29.3 Å². The molecule has 0 saturated heterocycles. The van der Waals surface area contributed by atoms with Crippen molar-refractivity contribution in [2.45, 2.75) is 11.8 Å². The van der Waals surface area contributed by atoms with E-state index in [2.05, 4.69) is 0 Å². The number of hydrogen-bond donors (Lipinski definition) is 0. The lowest BCUT2D eigenvalue weighted by molar-refractivity contribution is 0.0826. The van der Waals surface area contributed by atoms with E-state index in [-0.39, 0.29) is 10.8 Å². The number of carbonyl (C=O) groups is 1. The van der Waals surface area contributed by atoms with Gasteiger partial charge in [-0.25, -0.2) is 8.42 Å². The van der Waals surface area contributed by atoms with Crippen LogP contribution in [0.4, 0.5) is 0 Å². The van der Waals surface area contributed by atoms with Crippen LogP contribution in [0, 0.1) is 6.92 Å². The van der Waals surface area contributed by atoms with Crippen LogP contribution < -0.4 is 0 Å². The molecule has 0 aliphatic heterocycles. The van der Waals surface area contributed by atoms with Gasteiger partial charge in [0.25, 0.3) is 5.91 Å². The van der Waals surface area contributed by atoms with Gasteiger partial charge in [0, 0.05) is 25.9 Å². The Morgan fingerprint density at radius 3 is 2.25 bits per heavy atom. The number of carbonyl (C=O) groups excluding carboxylic acids is 1. The zero-order valence-electron chi connectivity index (χ0n) is 9.81. The van der Waals surface area contributed by atoms with E-state index in [1.54, 1.807) is 27.1 Å². The standard InChI is InChI=1S/C11H15NO3S/c1-8-5-6-9(16(4,14)15)7-10(8)11(13)12(2)3/h5-7H,1-4H3. The number of aryl methyl sites for hydroxylation is 1. The Hall–Kier alpha value is -1.36. The Morgan fingerprint density at radius 2 is 1.81 bits per heavy atom. The van der Waals surface area contributed by atoms with Crippen molar-refractivity contribution in [2.24, 2.45) is 0 Å². The molecule has 0 saturated carbocycles. The molecule has 0 spiro atoms. The van der Waals surface area contributed by atoms with Gasteiger partial charge in [-0.15, -0.1) is 0 Å². The van der Waals surface area contributed by atoms with Gasteiger partial charge in [0.05, 0.1) is 4.90 Å². The smallest absolute Gasteiger partial charge is 0.253 e. The first-order valence-electron chi connectivity index (χ1n) is 4.76. The predicted octanol–water partition coefficient (Wildman–Crippen LogP) is 1.10. The van der Waals surface area contributed by atoms with Crippen LogP contribution in [0.5, 0.6) is 0 Å². The highest BCUT2D eigenvalue weighted by atomic mass is 32.2. The van der Waals surface area contributed by atoms with E-state index < -0.39 is 9.84 Å². The monoisotopic (exact) mass is 241 g/mol. The molecule has 0 aliphatic rings. The van der Waals surface area contributed by atoms with Gasteiger partial charge in [-0.3, -0.25) is 4.79 Å². The Balaban J connectivity index is 3.36. The molecular weight excluding hydrogens is 226 g/mol. The van der Waals surface area contributed by atoms with Crippen molar-refractivity contribution >= 4 is 15.7 Å². The minimum Gasteiger partial charge on any atom is -0.345 e. The van der Waals surface area contributed by atoms with Crippen LogP contribution in [0.15, 0.2) is 23.1 Å². The Bertz CT molecular complexity index is 518. The summed E-state index contributed by atoms with van der Waals surface area (Å²) >= 11 is 0. The lowest BCUT2D eigenvalue weighted by Crippen LogP contribution is -2.22. The SMILES string of the molecule is Cc1ccc(S(C)(=O)=O)cc1C(=O)N(C)C. The van der Waals surface area contributed by atoms with Gasteiger partial charge < -0.3 is 4.90 Å². The molecule has 0 N–H and O–H groups in total. The molecule has 0 unspecified atom stereocenters. The summed E-state index contributed by atoms with van der Waals surface area (Å²) in [5.41, 5.74) is 1.19. The Morgan fingerprint density at radius 1 is 1.25 bits per heavy atom. The van der Waals surface area contributed by atoms with Gasteiger partial charge >= 0.3 is 0 Å². The molecule has 1 amide bonds. The number of benzene rings is 1. The van der Waals surface area contributed by atoms with Gasteiger partial charge in [-0.05, 0) is 24.6 Å². The summed E-state index contributed by atoms with van der Waals surface area (Å²) in [5, 5.41) is 0. The van der Waals surface area contributed by atoms with E-state index in [0.29, 0.717) is 5.56 Å². The largest absolute Gasteiger partial charge is 0.345 e. The fourth-order valence-corrected chi connectivity index (χ4v) is 1.95. The number of hydrogen-bond acceptors (Lipinski definition) is 3. The summed E-state index contributed by atoms with van der Waals surface area (Å²) < 4.78 is 22.7. The van der Waals surface area contributed by atoms with Crippen molar-refractivity contribution < 1.29 is 13.2 Å². The third-order valence-corrected chi connectivity index (χ3v) is 3.38. The summed E-state index contributed by atoms with van der Waals surface area (Å²) in [6.07, 6.45) is 1.13. The minimum atomic E-state index is -3.27. The van der Waals surface area contributed by atoms with E-state index in [9.17, 15) is 13.2 Å². The van der Waals surface area contributed by atoms with Crippen LogP contribution in [0.1, 0.15) is 15.9 Å². The van der Waals surface area contributed by atoms with Crippen LogP contribution in [0.25, 0.3) is 0 Å². The Kier molecular flexibility index (Phi) is 3.38. The van der Waals surface area contributed by atoms with Gasteiger partial charge in [0.2, 0.25) is 0 Å². The molecule has 4 nitrogen and oxygen atoms in total. The molecule has 0 radical (unpaired) electrons. The first-order chi connectivity index (χ1) is 7.23. The second kappa shape index (κ2) is 4.25. The lowest BCUT2D eigenvalue weighted by atomic mass is 10.1. The van der Waals surface area contributed by atoms with Crippen LogP contribution in [0.3, 0.4) is 0 Å².